The number of aryl methyl sites for hydroxylation is 1. The zero-order chi connectivity index (χ0) is 19.3. The second kappa shape index (κ2) is 8.82. The zero-order valence-electron chi connectivity index (χ0n) is 16.4. The van der Waals surface area contributed by atoms with Crippen molar-refractivity contribution in [2.45, 2.75) is 76.8 Å². The number of rotatable bonds is 5. The van der Waals surface area contributed by atoms with Gasteiger partial charge in [0.15, 0.2) is 5.82 Å². The Morgan fingerprint density at radius 2 is 2.04 bits per heavy atom. The summed E-state index contributed by atoms with van der Waals surface area (Å²) < 4.78 is 5.43. The topological polar surface area (TPSA) is 100 Å². The fourth-order valence-corrected chi connectivity index (χ4v) is 4.16. The van der Waals surface area contributed by atoms with E-state index < -0.39 is 5.54 Å². The van der Waals surface area contributed by atoms with E-state index in [1.165, 1.54) is 6.92 Å². The summed E-state index contributed by atoms with van der Waals surface area (Å²) in [6.45, 7) is 5.92. The summed E-state index contributed by atoms with van der Waals surface area (Å²) >= 11 is 0. The van der Waals surface area contributed by atoms with Crippen LogP contribution in [0.3, 0.4) is 0 Å². The van der Waals surface area contributed by atoms with Crippen LogP contribution in [0.15, 0.2) is 4.52 Å². The van der Waals surface area contributed by atoms with Crippen LogP contribution in [0.25, 0.3) is 0 Å². The van der Waals surface area contributed by atoms with E-state index in [-0.39, 0.29) is 11.8 Å². The van der Waals surface area contributed by atoms with Gasteiger partial charge in [-0.05, 0) is 19.8 Å². The molecule has 1 aromatic rings. The first-order valence-electron chi connectivity index (χ1n) is 10.1. The summed E-state index contributed by atoms with van der Waals surface area (Å²) in [5.74, 6) is 1.06. The van der Waals surface area contributed by atoms with Gasteiger partial charge in [-0.1, -0.05) is 30.8 Å². The first kappa shape index (κ1) is 19.8. The molecule has 8 nitrogen and oxygen atoms in total. The van der Waals surface area contributed by atoms with Gasteiger partial charge in [0, 0.05) is 45.4 Å². The van der Waals surface area contributed by atoms with E-state index in [1.807, 2.05) is 4.90 Å². The molecule has 1 saturated heterocycles. The third kappa shape index (κ3) is 5.06. The molecule has 0 radical (unpaired) electrons. The smallest absolute Gasteiger partial charge is 0.227 e. The van der Waals surface area contributed by atoms with Gasteiger partial charge >= 0.3 is 0 Å². The number of amides is 2. The maximum Gasteiger partial charge on any atom is 0.227 e. The average molecular weight is 377 g/mol. The maximum absolute atomic E-state index is 12.4. The predicted molar refractivity (Wildman–Crippen MR) is 99.9 cm³/mol. The minimum atomic E-state index is -0.540. The van der Waals surface area contributed by atoms with E-state index in [0.29, 0.717) is 30.6 Å². The van der Waals surface area contributed by atoms with Crippen molar-refractivity contribution in [2.24, 2.45) is 0 Å². The van der Waals surface area contributed by atoms with Crippen molar-refractivity contribution in [2.75, 3.05) is 19.6 Å². The molecule has 1 aliphatic heterocycles. The molecule has 1 atom stereocenters. The van der Waals surface area contributed by atoms with Gasteiger partial charge in [0.2, 0.25) is 17.7 Å². The summed E-state index contributed by atoms with van der Waals surface area (Å²) in [6, 6.07) is 0.324. The van der Waals surface area contributed by atoms with Crippen LogP contribution < -0.4 is 10.6 Å². The predicted octanol–water partition coefficient (Wildman–Crippen LogP) is 1.51. The van der Waals surface area contributed by atoms with Crippen LogP contribution in [0.2, 0.25) is 0 Å². The molecule has 0 spiro atoms. The van der Waals surface area contributed by atoms with Crippen LogP contribution in [0, 0.1) is 0 Å². The normalized spacial score (nSPS) is 22.9. The highest BCUT2D eigenvalue weighted by molar-refractivity contribution is 5.76. The third-order valence-electron chi connectivity index (χ3n) is 5.54. The Labute approximate surface area is 160 Å². The number of hydrogen-bond acceptors (Lipinski definition) is 6. The third-order valence-corrected chi connectivity index (χ3v) is 5.54. The second-order valence-electron chi connectivity index (χ2n) is 7.88. The monoisotopic (exact) mass is 377 g/mol. The molecule has 1 saturated carbocycles. The molecule has 1 aromatic heterocycles. The Kier molecular flexibility index (Phi) is 6.46. The lowest BCUT2D eigenvalue weighted by atomic mass is 9.89. The fraction of sp³-hybridized carbons (Fsp3) is 0.789. The van der Waals surface area contributed by atoms with E-state index >= 15 is 0 Å². The van der Waals surface area contributed by atoms with Gasteiger partial charge < -0.3 is 20.1 Å². The van der Waals surface area contributed by atoms with Crippen molar-refractivity contribution in [3.8, 4) is 0 Å². The minimum absolute atomic E-state index is 0.0775. The highest BCUT2D eigenvalue weighted by Crippen LogP contribution is 2.34. The number of carbonyl (C=O) groups is 2. The molecule has 2 fully saturated rings. The summed E-state index contributed by atoms with van der Waals surface area (Å²) in [4.78, 5) is 30.7. The molecular formula is C19H31N5O3. The Balaban J connectivity index is 1.63. The highest BCUT2D eigenvalue weighted by atomic mass is 16.5. The molecule has 27 heavy (non-hydrogen) atoms. The highest BCUT2D eigenvalue weighted by Gasteiger charge is 2.38. The lowest BCUT2D eigenvalue weighted by molar-refractivity contribution is -0.132. The van der Waals surface area contributed by atoms with Gasteiger partial charge in [-0.2, -0.15) is 4.98 Å². The van der Waals surface area contributed by atoms with Crippen LogP contribution in [0.1, 0.15) is 70.5 Å². The van der Waals surface area contributed by atoms with Crippen LogP contribution >= 0.6 is 0 Å². The summed E-state index contributed by atoms with van der Waals surface area (Å²) in [6.07, 6.45) is 6.81. The molecule has 150 valence electrons. The number of aromatic nitrogens is 2. The number of hydrogen-bond donors (Lipinski definition) is 2. The Morgan fingerprint density at radius 1 is 1.30 bits per heavy atom. The second-order valence-corrected chi connectivity index (χ2v) is 7.88. The Morgan fingerprint density at radius 3 is 2.70 bits per heavy atom. The van der Waals surface area contributed by atoms with Crippen molar-refractivity contribution in [3.63, 3.8) is 0 Å². The SMILES string of the molecule is CC(=O)NC1(c2noc(CCC(=O)N3CCN[C@@H](C)C3)n2)CCCCCC1. The standard InChI is InChI=1S/C19H31N5O3/c1-14-13-24(12-11-20-14)17(26)8-7-16-21-18(23-27-16)19(22-15(2)25)9-5-3-4-6-10-19/h14,20H,3-13H2,1-2H3,(H,22,25)/t14-/m0/s1. The van der Waals surface area contributed by atoms with Crippen molar-refractivity contribution in [1.29, 1.82) is 0 Å². The van der Waals surface area contributed by atoms with E-state index in [2.05, 4.69) is 27.7 Å². The summed E-state index contributed by atoms with van der Waals surface area (Å²) in [5.41, 5.74) is -0.540. The molecule has 3 rings (SSSR count). The first-order valence-corrected chi connectivity index (χ1v) is 10.1. The van der Waals surface area contributed by atoms with Gasteiger partial charge in [-0.25, -0.2) is 0 Å². The fourth-order valence-electron chi connectivity index (χ4n) is 4.16. The van der Waals surface area contributed by atoms with Crippen LogP contribution in [-0.4, -0.2) is 52.5 Å². The number of piperazine rings is 1. The Bertz CT molecular complexity index is 652. The minimum Gasteiger partial charge on any atom is -0.343 e. The van der Waals surface area contributed by atoms with Gasteiger partial charge in [0.05, 0.1) is 0 Å². The molecule has 0 unspecified atom stereocenters. The maximum atomic E-state index is 12.4. The first-order chi connectivity index (χ1) is 13.0. The average Bonchev–Trinajstić information content (AvgIpc) is 3.00. The van der Waals surface area contributed by atoms with Crippen LogP contribution in [0.5, 0.6) is 0 Å². The van der Waals surface area contributed by atoms with E-state index in [1.54, 1.807) is 0 Å². The number of carbonyl (C=O) groups excluding carboxylic acids is 2. The molecule has 2 amide bonds. The lowest BCUT2D eigenvalue weighted by Crippen LogP contribution is -2.51. The molecule has 1 aliphatic carbocycles. The summed E-state index contributed by atoms with van der Waals surface area (Å²) in [7, 11) is 0. The van der Waals surface area contributed by atoms with Crippen LogP contribution in [0.4, 0.5) is 0 Å². The Hall–Kier alpha value is -1.96. The molecule has 8 heteroatoms. The lowest BCUT2D eigenvalue weighted by Gasteiger charge is -2.31. The molecule has 2 aliphatic rings. The van der Waals surface area contributed by atoms with Crippen molar-refractivity contribution < 1.29 is 14.1 Å². The molecular weight excluding hydrogens is 346 g/mol. The van der Waals surface area contributed by atoms with Crippen molar-refractivity contribution in [3.05, 3.63) is 11.7 Å². The zero-order valence-corrected chi connectivity index (χ0v) is 16.4. The quantitative estimate of drug-likeness (QED) is 0.755. The van der Waals surface area contributed by atoms with E-state index in [9.17, 15) is 9.59 Å². The van der Waals surface area contributed by atoms with Gasteiger partial charge in [-0.15, -0.1) is 0 Å². The van der Waals surface area contributed by atoms with Crippen LogP contribution in [-0.2, 0) is 21.5 Å². The number of nitrogens with one attached hydrogen (secondary N) is 2. The molecule has 2 N–H and O–H groups in total. The van der Waals surface area contributed by atoms with Crippen molar-refractivity contribution >= 4 is 11.8 Å². The van der Waals surface area contributed by atoms with E-state index in [0.717, 1.165) is 58.2 Å². The van der Waals surface area contributed by atoms with Gasteiger partial charge in [0.25, 0.3) is 0 Å². The summed E-state index contributed by atoms with van der Waals surface area (Å²) in [5, 5.41) is 10.6. The molecule has 2 heterocycles. The van der Waals surface area contributed by atoms with Crippen molar-refractivity contribution in [1.82, 2.24) is 25.7 Å². The molecule has 0 bridgehead atoms. The van der Waals surface area contributed by atoms with Gasteiger partial charge in [-0.3, -0.25) is 9.59 Å². The molecule has 0 aromatic carbocycles. The van der Waals surface area contributed by atoms with E-state index in [4.69, 9.17) is 4.52 Å². The van der Waals surface area contributed by atoms with Gasteiger partial charge in [0.1, 0.15) is 5.54 Å². The number of nitrogens with zero attached hydrogens (tertiary/aromatic N) is 3. The largest absolute Gasteiger partial charge is 0.343 e.